The zero-order chi connectivity index (χ0) is 22.6. The summed E-state index contributed by atoms with van der Waals surface area (Å²) in [4.78, 5) is 17.3. The van der Waals surface area contributed by atoms with Gasteiger partial charge < -0.3 is 10.1 Å². The van der Waals surface area contributed by atoms with Crippen molar-refractivity contribution in [3.8, 4) is 5.88 Å². The van der Waals surface area contributed by atoms with Gasteiger partial charge in [-0.1, -0.05) is 11.6 Å². The lowest BCUT2D eigenvalue weighted by Crippen LogP contribution is -2.45. The lowest BCUT2D eigenvalue weighted by Gasteiger charge is -2.31. The molecule has 1 saturated carbocycles. The second-order valence-corrected chi connectivity index (χ2v) is 10.8. The van der Waals surface area contributed by atoms with E-state index in [1.165, 1.54) is 29.3 Å². The van der Waals surface area contributed by atoms with Crippen LogP contribution in [0.4, 0.5) is 0 Å². The van der Waals surface area contributed by atoms with E-state index in [1.807, 2.05) is 12.1 Å². The molecule has 1 amide bonds. The summed E-state index contributed by atoms with van der Waals surface area (Å²) in [5.74, 6) is 0.0551. The number of amides is 1. The first kappa shape index (κ1) is 23.0. The minimum Gasteiger partial charge on any atom is -0.474 e. The van der Waals surface area contributed by atoms with Crippen molar-refractivity contribution in [2.24, 2.45) is 5.92 Å². The molecule has 2 fully saturated rings. The molecule has 7 nitrogen and oxygen atoms in total. The number of nitrogens with zero attached hydrogens (tertiary/aromatic N) is 2. The molecule has 2 aliphatic rings. The van der Waals surface area contributed by atoms with E-state index in [-0.39, 0.29) is 29.4 Å². The van der Waals surface area contributed by atoms with Gasteiger partial charge in [0.1, 0.15) is 6.10 Å². The van der Waals surface area contributed by atoms with E-state index in [0.717, 1.165) is 18.4 Å². The molecular weight excluding hydrogens is 450 g/mol. The summed E-state index contributed by atoms with van der Waals surface area (Å²) in [6, 6.07) is 9.81. The summed E-state index contributed by atoms with van der Waals surface area (Å²) in [7, 11) is -3.66. The molecule has 1 unspecified atom stereocenters. The smallest absolute Gasteiger partial charge is 0.243 e. The fourth-order valence-corrected chi connectivity index (χ4v) is 5.92. The molecule has 1 saturated heterocycles. The summed E-state index contributed by atoms with van der Waals surface area (Å²) in [6.07, 6.45) is 7.69. The van der Waals surface area contributed by atoms with Gasteiger partial charge in [0.05, 0.1) is 10.8 Å². The maximum atomic E-state index is 13.0. The van der Waals surface area contributed by atoms with Crippen LogP contribution in [0.25, 0.3) is 0 Å². The summed E-state index contributed by atoms with van der Waals surface area (Å²) in [6.45, 7) is 0.924. The van der Waals surface area contributed by atoms with Crippen LogP contribution in [0.5, 0.6) is 5.88 Å². The van der Waals surface area contributed by atoms with E-state index in [4.69, 9.17) is 16.3 Å². The molecule has 32 heavy (non-hydrogen) atoms. The molecule has 0 spiro atoms. The van der Waals surface area contributed by atoms with Crippen LogP contribution in [0.15, 0.2) is 47.5 Å². The number of hydrogen-bond acceptors (Lipinski definition) is 5. The Labute approximate surface area is 194 Å². The Morgan fingerprint density at radius 1 is 1.12 bits per heavy atom. The predicted molar refractivity (Wildman–Crippen MR) is 122 cm³/mol. The topological polar surface area (TPSA) is 88.6 Å². The molecule has 2 heterocycles. The van der Waals surface area contributed by atoms with Crippen LogP contribution in [0.3, 0.4) is 0 Å². The molecule has 1 aliphatic heterocycles. The first-order valence-corrected chi connectivity index (χ1v) is 12.9. The van der Waals surface area contributed by atoms with Gasteiger partial charge in [0.25, 0.3) is 0 Å². The van der Waals surface area contributed by atoms with Crippen molar-refractivity contribution in [1.29, 1.82) is 0 Å². The van der Waals surface area contributed by atoms with Crippen LogP contribution in [0.1, 0.15) is 44.1 Å². The lowest BCUT2D eigenvalue weighted by atomic mass is 9.99. The molecule has 1 aliphatic carbocycles. The monoisotopic (exact) mass is 477 g/mol. The number of piperidine rings is 1. The van der Waals surface area contributed by atoms with Crippen LogP contribution in [0.2, 0.25) is 5.02 Å². The van der Waals surface area contributed by atoms with Gasteiger partial charge in [-0.2, -0.15) is 4.31 Å². The number of hydrogen-bond donors (Lipinski definition) is 1. The highest BCUT2D eigenvalue weighted by molar-refractivity contribution is 7.89. The summed E-state index contributed by atoms with van der Waals surface area (Å²) in [5.41, 5.74) is 0.905. The Hall–Kier alpha value is -2.16. The van der Waals surface area contributed by atoms with Gasteiger partial charge in [-0.05, 0) is 74.4 Å². The lowest BCUT2D eigenvalue weighted by molar-refractivity contribution is -0.126. The van der Waals surface area contributed by atoms with Gasteiger partial charge in [-0.15, -0.1) is 0 Å². The van der Waals surface area contributed by atoms with Crippen molar-refractivity contribution >= 4 is 27.5 Å². The molecule has 1 aromatic heterocycles. The number of ether oxygens (including phenoxy) is 1. The molecular formula is C23H28ClN3O4S. The Morgan fingerprint density at radius 3 is 2.62 bits per heavy atom. The second kappa shape index (κ2) is 10.2. The first-order chi connectivity index (χ1) is 15.4. The van der Waals surface area contributed by atoms with Gasteiger partial charge in [0.2, 0.25) is 21.8 Å². The SMILES string of the molecule is O=C(NCc1ccnc(OC2CCCC2)c1)C1CCCN(S(=O)(=O)c2ccc(Cl)cc2)C1. The Balaban J connectivity index is 1.34. The van der Waals surface area contributed by atoms with Crippen molar-refractivity contribution in [1.82, 2.24) is 14.6 Å². The number of carbonyl (C=O) groups excluding carboxylic acids is 1. The maximum Gasteiger partial charge on any atom is 0.243 e. The zero-order valence-corrected chi connectivity index (χ0v) is 19.4. The van der Waals surface area contributed by atoms with Crippen molar-refractivity contribution < 1.29 is 17.9 Å². The van der Waals surface area contributed by atoms with Crippen molar-refractivity contribution in [2.75, 3.05) is 13.1 Å². The third-order valence-electron chi connectivity index (χ3n) is 6.06. The van der Waals surface area contributed by atoms with Crippen molar-refractivity contribution in [3.63, 3.8) is 0 Å². The normalized spacial score (nSPS) is 20.2. The van der Waals surface area contributed by atoms with E-state index < -0.39 is 10.0 Å². The number of sulfonamides is 1. The largest absolute Gasteiger partial charge is 0.474 e. The van der Waals surface area contributed by atoms with Gasteiger partial charge in [-0.3, -0.25) is 4.79 Å². The third-order valence-corrected chi connectivity index (χ3v) is 8.19. The molecule has 1 atom stereocenters. The average Bonchev–Trinajstić information content (AvgIpc) is 3.31. The molecule has 0 radical (unpaired) electrons. The predicted octanol–water partition coefficient (Wildman–Crippen LogP) is 3.77. The standard InChI is InChI=1S/C23H28ClN3O4S/c24-19-7-9-21(10-8-19)32(29,30)27-13-3-4-18(16-27)23(28)26-15-17-11-12-25-22(14-17)31-20-5-1-2-6-20/h7-12,14,18,20H,1-6,13,15-16H2,(H,26,28). The number of aromatic nitrogens is 1. The minimum absolute atomic E-state index is 0.143. The number of rotatable bonds is 7. The third kappa shape index (κ3) is 5.60. The zero-order valence-electron chi connectivity index (χ0n) is 17.9. The molecule has 172 valence electrons. The number of pyridine rings is 1. The van der Waals surface area contributed by atoms with Crippen molar-refractivity contribution in [2.45, 2.75) is 56.1 Å². The van der Waals surface area contributed by atoms with Gasteiger partial charge in [0, 0.05) is 36.9 Å². The number of halogens is 1. The molecule has 1 N–H and O–H groups in total. The highest BCUT2D eigenvalue weighted by Gasteiger charge is 2.33. The fraction of sp³-hybridized carbons (Fsp3) is 0.478. The van der Waals surface area contributed by atoms with E-state index in [9.17, 15) is 13.2 Å². The highest BCUT2D eigenvalue weighted by atomic mass is 35.5. The molecule has 9 heteroatoms. The molecule has 4 rings (SSSR count). The van der Waals surface area contributed by atoms with Crippen LogP contribution in [0, 0.1) is 5.92 Å². The Morgan fingerprint density at radius 2 is 1.88 bits per heavy atom. The molecule has 1 aromatic carbocycles. The number of nitrogens with one attached hydrogen (secondary N) is 1. The summed E-state index contributed by atoms with van der Waals surface area (Å²) >= 11 is 5.88. The van der Waals surface area contributed by atoms with E-state index >= 15 is 0 Å². The van der Waals surface area contributed by atoms with Crippen LogP contribution >= 0.6 is 11.6 Å². The van der Waals surface area contributed by atoms with Gasteiger partial charge in [-0.25, -0.2) is 13.4 Å². The Kier molecular flexibility index (Phi) is 7.33. The average molecular weight is 478 g/mol. The van der Waals surface area contributed by atoms with Crippen LogP contribution < -0.4 is 10.1 Å². The number of benzene rings is 1. The maximum absolute atomic E-state index is 13.0. The van der Waals surface area contributed by atoms with Gasteiger partial charge in [0.15, 0.2) is 0 Å². The second-order valence-electron chi connectivity index (χ2n) is 8.40. The van der Waals surface area contributed by atoms with Crippen LogP contribution in [-0.4, -0.2) is 42.8 Å². The highest BCUT2D eigenvalue weighted by Crippen LogP contribution is 2.26. The van der Waals surface area contributed by atoms with Crippen LogP contribution in [-0.2, 0) is 21.4 Å². The minimum atomic E-state index is -3.66. The fourth-order valence-electron chi connectivity index (χ4n) is 4.27. The van der Waals surface area contributed by atoms with E-state index in [0.29, 0.717) is 36.8 Å². The number of carbonyl (C=O) groups is 1. The summed E-state index contributed by atoms with van der Waals surface area (Å²) in [5, 5.41) is 3.43. The van der Waals surface area contributed by atoms with Crippen molar-refractivity contribution in [3.05, 3.63) is 53.2 Å². The first-order valence-electron chi connectivity index (χ1n) is 11.1. The summed E-state index contributed by atoms with van der Waals surface area (Å²) < 4.78 is 33.2. The van der Waals surface area contributed by atoms with Gasteiger partial charge >= 0.3 is 0 Å². The molecule has 2 aromatic rings. The van der Waals surface area contributed by atoms with E-state index in [2.05, 4.69) is 10.3 Å². The quantitative estimate of drug-likeness (QED) is 0.655. The Bertz CT molecular complexity index is 1040. The molecule has 0 bridgehead atoms. The van der Waals surface area contributed by atoms with E-state index in [1.54, 1.807) is 18.3 Å².